The predicted octanol–water partition coefficient (Wildman–Crippen LogP) is 3.54. The van der Waals surface area contributed by atoms with E-state index in [-0.39, 0.29) is 0 Å². The lowest BCUT2D eigenvalue weighted by molar-refractivity contribution is 0.194. The number of pyridine rings is 1. The van der Waals surface area contributed by atoms with Gasteiger partial charge in [-0.3, -0.25) is 0 Å². The summed E-state index contributed by atoms with van der Waals surface area (Å²) in [4.78, 5) is 4.18. The summed E-state index contributed by atoms with van der Waals surface area (Å²) in [6.45, 7) is 5.75. The van der Waals surface area contributed by atoms with E-state index in [0.717, 1.165) is 11.3 Å². The van der Waals surface area contributed by atoms with Crippen molar-refractivity contribution in [3.63, 3.8) is 0 Å². The van der Waals surface area contributed by atoms with E-state index in [2.05, 4.69) is 4.98 Å². The molecule has 0 bridgehead atoms. The van der Waals surface area contributed by atoms with Crippen molar-refractivity contribution in [2.75, 3.05) is 0 Å². The number of hydrogen-bond acceptors (Lipinski definition) is 3. The molecule has 1 aromatic carbocycles. The number of hydrogen-bond donors (Lipinski definition) is 1. The minimum Gasteiger partial charge on any atom is -0.438 e. The molecular formula is C15H17NO2. The Labute approximate surface area is 107 Å². The largest absolute Gasteiger partial charge is 0.438 e. The normalized spacial score (nSPS) is 12.2. The maximum Gasteiger partial charge on any atom is 0.225 e. The van der Waals surface area contributed by atoms with Gasteiger partial charge in [0.15, 0.2) is 0 Å². The number of rotatable bonds is 3. The molecule has 2 rings (SSSR count). The van der Waals surface area contributed by atoms with Gasteiger partial charge in [-0.25, -0.2) is 4.98 Å². The van der Waals surface area contributed by atoms with Gasteiger partial charge in [0, 0.05) is 11.8 Å². The summed E-state index contributed by atoms with van der Waals surface area (Å²) >= 11 is 0. The van der Waals surface area contributed by atoms with Crippen molar-refractivity contribution in [2.24, 2.45) is 0 Å². The van der Waals surface area contributed by atoms with Gasteiger partial charge in [0.25, 0.3) is 0 Å². The van der Waals surface area contributed by atoms with Gasteiger partial charge in [0.1, 0.15) is 5.75 Å². The molecule has 1 heterocycles. The molecular weight excluding hydrogens is 226 g/mol. The van der Waals surface area contributed by atoms with Crippen molar-refractivity contribution in [3.05, 3.63) is 53.2 Å². The van der Waals surface area contributed by atoms with Crippen molar-refractivity contribution >= 4 is 0 Å². The number of aryl methyl sites for hydroxylation is 1. The fraction of sp³-hybridized carbons (Fsp3) is 0.267. The monoisotopic (exact) mass is 243 g/mol. The summed E-state index contributed by atoms with van der Waals surface area (Å²) in [7, 11) is 0. The summed E-state index contributed by atoms with van der Waals surface area (Å²) in [5.74, 6) is 1.23. The second-order valence-electron chi connectivity index (χ2n) is 4.37. The molecule has 0 amide bonds. The number of aliphatic hydroxyl groups is 1. The average Bonchev–Trinajstić information content (AvgIpc) is 2.35. The van der Waals surface area contributed by atoms with Gasteiger partial charge in [0.05, 0.1) is 6.10 Å². The lowest BCUT2D eigenvalue weighted by atomic mass is 10.1. The van der Waals surface area contributed by atoms with Crippen LogP contribution in [0.4, 0.5) is 0 Å². The lowest BCUT2D eigenvalue weighted by Crippen LogP contribution is -1.99. The highest BCUT2D eigenvalue weighted by molar-refractivity contribution is 5.41. The maximum absolute atomic E-state index is 9.69. The number of nitrogens with zero attached hydrogens (tertiary/aromatic N) is 1. The maximum atomic E-state index is 9.69. The standard InChI is InChI=1S/C15H17NO2/c1-10-6-4-8-14(11(10)2)18-15-13(12(3)17)7-5-9-16-15/h4-9,12,17H,1-3H3. The molecule has 0 aliphatic carbocycles. The Balaban J connectivity index is 2.37. The van der Waals surface area contributed by atoms with Crippen LogP contribution in [0, 0.1) is 13.8 Å². The minimum absolute atomic E-state index is 0.459. The zero-order chi connectivity index (χ0) is 13.1. The third kappa shape index (κ3) is 2.51. The molecule has 0 saturated carbocycles. The van der Waals surface area contributed by atoms with Crippen molar-refractivity contribution < 1.29 is 9.84 Å². The van der Waals surface area contributed by atoms with Gasteiger partial charge in [-0.1, -0.05) is 12.1 Å². The van der Waals surface area contributed by atoms with Gasteiger partial charge in [-0.05, 0) is 50.1 Å². The SMILES string of the molecule is Cc1cccc(Oc2ncccc2C(C)O)c1C. The molecule has 0 aliphatic heterocycles. The van der Waals surface area contributed by atoms with E-state index in [9.17, 15) is 5.11 Å². The highest BCUT2D eigenvalue weighted by atomic mass is 16.5. The second-order valence-corrected chi connectivity index (χ2v) is 4.37. The van der Waals surface area contributed by atoms with Crippen LogP contribution in [0.2, 0.25) is 0 Å². The highest BCUT2D eigenvalue weighted by Gasteiger charge is 2.12. The third-order valence-electron chi connectivity index (χ3n) is 3.01. The minimum atomic E-state index is -0.598. The van der Waals surface area contributed by atoms with Crippen LogP contribution in [-0.2, 0) is 0 Å². The molecule has 0 aliphatic rings. The average molecular weight is 243 g/mol. The van der Waals surface area contributed by atoms with E-state index in [4.69, 9.17) is 4.74 Å². The van der Waals surface area contributed by atoms with Gasteiger partial charge in [-0.15, -0.1) is 0 Å². The molecule has 0 fully saturated rings. The van der Waals surface area contributed by atoms with Gasteiger partial charge in [-0.2, -0.15) is 0 Å². The van der Waals surface area contributed by atoms with Crippen LogP contribution in [-0.4, -0.2) is 10.1 Å². The Morgan fingerprint density at radius 3 is 2.67 bits per heavy atom. The smallest absolute Gasteiger partial charge is 0.225 e. The summed E-state index contributed by atoms with van der Waals surface area (Å²) < 4.78 is 5.81. The fourth-order valence-electron chi connectivity index (χ4n) is 1.75. The van der Waals surface area contributed by atoms with Crippen LogP contribution < -0.4 is 4.74 Å². The van der Waals surface area contributed by atoms with E-state index < -0.39 is 6.10 Å². The van der Waals surface area contributed by atoms with Crippen LogP contribution in [0.3, 0.4) is 0 Å². The number of aromatic nitrogens is 1. The van der Waals surface area contributed by atoms with Crippen LogP contribution in [0.15, 0.2) is 36.5 Å². The summed E-state index contributed by atoms with van der Waals surface area (Å²) in [6, 6.07) is 9.50. The molecule has 1 N–H and O–H groups in total. The van der Waals surface area contributed by atoms with Crippen LogP contribution >= 0.6 is 0 Å². The predicted molar refractivity (Wildman–Crippen MR) is 70.9 cm³/mol. The molecule has 0 radical (unpaired) electrons. The molecule has 0 spiro atoms. The molecule has 94 valence electrons. The van der Waals surface area contributed by atoms with Crippen molar-refractivity contribution in [1.82, 2.24) is 4.98 Å². The molecule has 0 saturated heterocycles. The zero-order valence-corrected chi connectivity index (χ0v) is 10.8. The summed E-state index contributed by atoms with van der Waals surface area (Å²) in [6.07, 6.45) is 1.06. The molecule has 1 aromatic heterocycles. The molecule has 18 heavy (non-hydrogen) atoms. The number of aliphatic hydroxyl groups excluding tert-OH is 1. The highest BCUT2D eigenvalue weighted by Crippen LogP contribution is 2.30. The van der Waals surface area contributed by atoms with Crippen molar-refractivity contribution in [1.29, 1.82) is 0 Å². The zero-order valence-electron chi connectivity index (χ0n) is 10.8. The van der Waals surface area contributed by atoms with Gasteiger partial charge in [0.2, 0.25) is 5.88 Å². The Morgan fingerprint density at radius 1 is 1.17 bits per heavy atom. The first kappa shape index (κ1) is 12.6. The first-order chi connectivity index (χ1) is 8.59. The number of benzene rings is 1. The van der Waals surface area contributed by atoms with E-state index in [0.29, 0.717) is 11.4 Å². The Kier molecular flexibility index (Phi) is 3.63. The van der Waals surface area contributed by atoms with Crippen LogP contribution in [0.1, 0.15) is 29.7 Å². The second kappa shape index (κ2) is 5.19. The van der Waals surface area contributed by atoms with E-state index >= 15 is 0 Å². The Bertz CT molecular complexity index is 550. The van der Waals surface area contributed by atoms with E-state index in [1.165, 1.54) is 5.56 Å². The first-order valence-electron chi connectivity index (χ1n) is 5.96. The fourth-order valence-corrected chi connectivity index (χ4v) is 1.75. The Morgan fingerprint density at radius 2 is 1.94 bits per heavy atom. The molecule has 1 atom stereocenters. The van der Waals surface area contributed by atoms with E-state index in [1.54, 1.807) is 19.2 Å². The quantitative estimate of drug-likeness (QED) is 0.896. The van der Waals surface area contributed by atoms with Crippen LogP contribution in [0.5, 0.6) is 11.6 Å². The third-order valence-corrected chi connectivity index (χ3v) is 3.01. The van der Waals surface area contributed by atoms with Crippen molar-refractivity contribution in [3.8, 4) is 11.6 Å². The van der Waals surface area contributed by atoms with Crippen molar-refractivity contribution in [2.45, 2.75) is 26.9 Å². The van der Waals surface area contributed by atoms with E-state index in [1.807, 2.05) is 38.1 Å². The summed E-state index contributed by atoms with van der Waals surface area (Å²) in [5, 5.41) is 9.69. The van der Waals surface area contributed by atoms with Gasteiger partial charge < -0.3 is 9.84 Å². The molecule has 1 unspecified atom stereocenters. The van der Waals surface area contributed by atoms with Crippen LogP contribution in [0.25, 0.3) is 0 Å². The molecule has 3 nitrogen and oxygen atoms in total. The number of ether oxygens (including phenoxy) is 1. The Hall–Kier alpha value is -1.87. The first-order valence-corrected chi connectivity index (χ1v) is 5.96. The topological polar surface area (TPSA) is 42.4 Å². The lowest BCUT2D eigenvalue weighted by Gasteiger charge is -2.13. The summed E-state index contributed by atoms with van der Waals surface area (Å²) in [5.41, 5.74) is 2.94. The molecule has 3 heteroatoms. The van der Waals surface area contributed by atoms with Gasteiger partial charge >= 0.3 is 0 Å². The molecule has 2 aromatic rings.